The Morgan fingerprint density at radius 2 is 1.90 bits per heavy atom. The molecule has 1 amide bonds. The molecule has 1 saturated heterocycles. The maximum absolute atomic E-state index is 12.2. The van der Waals surface area contributed by atoms with E-state index in [1.54, 1.807) is 24.3 Å². The summed E-state index contributed by atoms with van der Waals surface area (Å²) < 4.78 is 10.5. The van der Waals surface area contributed by atoms with Crippen LogP contribution in [0.25, 0.3) is 0 Å². The molecule has 0 bridgehead atoms. The predicted molar refractivity (Wildman–Crippen MR) is 75.5 cm³/mol. The largest absolute Gasteiger partial charge is 0.494 e. The van der Waals surface area contributed by atoms with E-state index in [1.165, 1.54) is 0 Å². The Labute approximate surface area is 123 Å². The third kappa shape index (κ3) is 3.52. The van der Waals surface area contributed by atoms with Crippen molar-refractivity contribution >= 4 is 11.9 Å². The molecule has 1 fully saturated rings. The standard InChI is InChI=1S/C15H19NO5/c1-2-21-12-5-3-11(4-6-12)13(17)16-15(14(18)19)7-9-20-10-8-15/h3-6H,2,7-10H2,1H3,(H,16,17)(H,18,19). The molecule has 2 rings (SSSR count). The van der Waals surface area contributed by atoms with E-state index in [-0.39, 0.29) is 12.8 Å². The van der Waals surface area contributed by atoms with Crippen molar-refractivity contribution in [3.05, 3.63) is 29.8 Å². The Kier molecular flexibility index (Phi) is 4.80. The third-order valence-electron chi connectivity index (χ3n) is 3.54. The molecule has 0 aromatic heterocycles. The zero-order chi connectivity index (χ0) is 15.3. The molecule has 1 aromatic carbocycles. The van der Waals surface area contributed by atoms with Crippen LogP contribution in [0.2, 0.25) is 0 Å². The number of hydrogen-bond donors (Lipinski definition) is 2. The average molecular weight is 293 g/mol. The number of carbonyl (C=O) groups excluding carboxylic acids is 1. The first kappa shape index (κ1) is 15.3. The van der Waals surface area contributed by atoms with Gasteiger partial charge in [0.25, 0.3) is 5.91 Å². The van der Waals surface area contributed by atoms with Gasteiger partial charge >= 0.3 is 5.97 Å². The average Bonchev–Trinajstić information content (AvgIpc) is 2.49. The predicted octanol–water partition coefficient (Wildman–Crippen LogP) is 1.45. The van der Waals surface area contributed by atoms with Crippen LogP contribution >= 0.6 is 0 Å². The lowest BCUT2D eigenvalue weighted by Gasteiger charge is -2.33. The van der Waals surface area contributed by atoms with Crippen molar-refractivity contribution in [1.29, 1.82) is 0 Å². The number of aliphatic carboxylic acids is 1. The summed E-state index contributed by atoms with van der Waals surface area (Å²) in [5.41, 5.74) is -0.834. The molecular weight excluding hydrogens is 274 g/mol. The molecule has 0 aliphatic carbocycles. The minimum Gasteiger partial charge on any atom is -0.494 e. The van der Waals surface area contributed by atoms with Crippen LogP contribution in [0, 0.1) is 0 Å². The maximum atomic E-state index is 12.2. The summed E-state index contributed by atoms with van der Waals surface area (Å²) in [7, 11) is 0. The van der Waals surface area contributed by atoms with Crippen LogP contribution in [0.4, 0.5) is 0 Å². The van der Waals surface area contributed by atoms with Crippen LogP contribution in [0.3, 0.4) is 0 Å². The van der Waals surface area contributed by atoms with E-state index in [0.717, 1.165) is 0 Å². The molecule has 21 heavy (non-hydrogen) atoms. The number of nitrogens with one attached hydrogen (secondary N) is 1. The van der Waals surface area contributed by atoms with Gasteiger partial charge in [0.05, 0.1) is 6.61 Å². The lowest BCUT2D eigenvalue weighted by molar-refractivity contribution is -0.148. The second-order valence-electron chi connectivity index (χ2n) is 4.91. The number of benzene rings is 1. The van der Waals surface area contributed by atoms with Crippen molar-refractivity contribution in [2.24, 2.45) is 0 Å². The van der Waals surface area contributed by atoms with Gasteiger partial charge in [-0.15, -0.1) is 0 Å². The molecule has 1 aliphatic heterocycles. The fourth-order valence-electron chi connectivity index (χ4n) is 2.27. The maximum Gasteiger partial charge on any atom is 0.329 e. The van der Waals surface area contributed by atoms with Gasteiger partial charge in [-0.2, -0.15) is 0 Å². The lowest BCUT2D eigenvalue weighted by Crippen LogP contribution is -2.57. The molecule has 2 N–H and O–H groups in total. The SMILES string of the molecule is CCOc1ccc(C(=O)NC2(C(=O)O)CCOCC2)cc1. The van der Waals surface area contributed by atoms with Gasteiger partial charge in [-0.25, -0.2) is 4.79 Å². The Hall–Kier alpha value is -2.08. The first-order valence-electron chi connectivity index (χ1n) is 6.94. The normalized spacial score (nSPS) is 17.0. The summed E-state index contributed by atoms with van der Waals surface area (Å²) in [5, 5.41) is 12.0. The van der Waals surface area contributed by atoms with Crippen molar-refractivity contribution in [3.63, 3.8) is 0 Å². The Morgan fingerprint density at radius 3 is 2.43 bits per heavy atom. The lowest BCUT2D eigenvalue weighted by atomic mass is 9.89. The Bertz CT molecular complexity index is 505. The van der Waals surface area contributed by atoms with Crippen molar-refractivity contribution in [1.82, 2.24) is 5.32 Å². The van der Waals surface area contributed by atoms with Gasteiger partial charge in [0.1, 0.15) is 11.3 Å². The van der Waals surface area contributed by atoms with Crippen molar-refractivity contribution < 1.29 is 24.2 Å². The van der Waals surface area contributed by atoms with Crippen molar-refractivity contribution in [3.8, 4) is 5.75 Å². The first-order chi connectivity index (χ1) is 10.1. The van der Waals surface area contributed by atoms with Gasteiger partial charge in [0, 0.05) is 31.6 Å². The van der Waals surface area contributed by atoms with Crippen LogP contribution in [0.5, 0.6) is 5.75 Å². The summed E-state index contributed by atoms with van der Waals surface area (Å²) in [5.74, 6) is -0.750. The zero-order valence-electron chi connectivity index (χ0n) is 11.9. The number of carbonyl (C=O) groups is 2. The quantitative estimate of drug-likeness (QED) is 0.858. The number of carboxylic acids is 1. The number of carboxylic acid groups (broad SMARTS) is 1. The molecule has 6 nitrogen and oxygen atoms in total. The first-order valence-corrected chi connectivity index (χ1v) is 6.94. The van der Waals surface area contributed by atoms with E-state index in [4.69, 9.17) is 9.47 Å². The van der Waals surface area contributed by atoms with Crippen molar-refractivity contribution in [2.45, 2.75) is 25.3 Å². The minimum atomic E-state index is -1.24. The molecule has 1 aromatic rings. The van der Waals surface area contributed by atoms with Gasteiger partial charge in [0.15, 0.2) is 0 Å². The van der Waals surface area contributed by atoms with E-state index < -0.39 is 17.4 Å². The molecule has 0 saturated carbocycles. The summed E-state index contributed by atoms with van der Waals surface area (Å²) in [6.45, 7) is 3.09. The van der Waals surface area contributed by atoms with Crippen LogP contribution in [-0.2, 0) is 9.53 Å². The monoisotopic (exact) mass is 293 g/mol. The van der Waals surface area contributed by atoms with Crippen LogP contribution in [0.1, 0.15) is 30.1 Å². The summed E-state index contributed by atoms with van der Waals surface area (Å²) in [6, 6.07) is 6.62. The highest BCUT2D eigenvalue weighted by molar-refractivity contribution is 5.98. The molecule has 0 atom stereocenters. The van der Waals surface area contributed by atoms with Gasteiger partial charge in [-0.1, -0.05) is 0 Å². The van der Waals surface area contributed by atoms with E-state index >= 15 is 0 Å². The van der Waals surface area contributed by atoms with E-state index in [1.807, 2.05) is 6.92 Å². The molecule has 6 heteroatoms. The van der Waals surface area contributed by atoms with Crippen LogP contribution < -0.4 is 10.1 Å². The molecular formula is C15H19NO5. The highest BCUT2D eigenvalue weighted by Gasteiger charge is 2.41. The number of amides is 1. The van der Waals surface area contributed by atoms with Gasteiger partial charge in [-0.3, -0.25) is 4.79 Å². The summed E-state index contributed by atoms with van der Waals surface area (Å²) in [4.78, 5) is 23.7. The van der Waals surface area contributed by atoms with Gasteiger partial charge in [-0.05, 0) is 31.2 Å². The van der Waals surface area contributed by atoms with Crippen LogP contribution in [-0.4, -0.2) is 42.3 Å². The highest BCUT2D eigenvalue weighted by Crippen LogP contribution is 2.22. The molecule has 1 aliphatic rings. The number of ether oxygens (including phenoxy) is 2. The molecule has 114 valence electrons. The molecule has 1 heterocycles. The topological polar surface area (TPSA) is 84.9 Å². The van der Waals surface area contributed by atoms with E-state index in [0.29, 0.717) is 31.1 Å². The number of hydrogen-bond acceptors (Lipinski definition) is 4. The Balaban J connectivity index is 2.10. The summed E-state index contributed by atoms with van der Waals surface area (Å²) >= 11 is 0. The zero-order valence-corrected chi connectivity index (χ0v) is 11.9. The second-order valence-corrected chi connectivity index (χ2v) is 4.91. The fraction of sp³-hybridized carbons (Fsp3) is 0.467. The number of rotatable bonds is 5. The minimum absolute atomic E-state index is 0.269. The summed E-state index contributed by atoms with van der Waals surface area (Å²) in [6.07, 6.45) is 0.538. The molecule has 0 spiro atoms. The fourth-order valence-corrected chi connectivity index (χ4v) is 2.27. The smallest absolute Gasteiger partial charge is 0.329 e. The second kappa shape index (κ2) is 6.58. The van der Waals surface area contributed by atoms with Gasteiger partial charge < -0.3 is 19.9 Å². The van der Waals surface area contributed by atoms with E-state index in [9.17, 15) is 14.7 Å². The molecule has 0 radical (unpaired) electrons. The molecule has 0 unspecified atom stereocenters. The van der Waals surface area contributed by atoms with Crippen LogP contribution in [0.15, 0.2) is 24.3 Å². The third-order valence-corrected chi connectivity index (χ3v) is 3.54. The van der Waals surface area contributed by atoms with Crippen molar-refractivity contribution in [2.75, 3.05) is 19.8 Å². The van der Waals surface area contributed by atoms with Gasteiger partial charge in [0.2, 0.25) is 0 Å². The highest BCUT2D eigenvalue weighted by atomic mass is 16.5. The van der Waals surface area contributed by atoms with E-state index in [2.05, 4.69) is 5.32 Å². The Morgan fingerprint density at radius 1 is 1.29 bits per heavy atom.